The Morgan fingerprint density at radius 3 is 0.959 bits per heavy atom. The molecule has 0 N–H and O–H groups in total. The third kappa shape index (κ3) is 24.1. The first kappa shape index (κ1) is 52.1. The van der Waals surface area contributed by atoms with Crippen molar-refractivity contribution >= 4 is 34.4 Å². The van der Waals surface area contributed by atoms with E-state index in [1.165, 1.54) is 141 Å². The predicted octanol–water partition coefficient (Wildman–Crippen LogP) is 15.6. The number of hydrogen-bond donors (Lipinski definition) is 0. The summed E-state index contributed by atoms with van der Waals surface area (Å²) >= 11 is 7.60. The van der Waals surface area contributed by atoms with E-state index in [1.54, 1.807) is 0 Å². The molecule has 0 radical (unpaired) electrons. The summed E-state index contributed by atoms with van der Waals surface area (Å²) in [5.74, 6) is -1.94. The Balaban J connectivity index is 0. The van der Waals surface area contributed by atoms with Crippen molar-refractivity contribution in [1.82, 2.24) is 0 Å². The summed E-state index contributed by atoms with van der Waals surface area (Å²) in [5, 5.41) is 0. The second-order valence-electron chi connectivity index (χ2n) is 15.8. The zero-order chi connectivity index (χ0) is 37.4. The average Bonchev–Trinajstić information content (AvgIpc) is 3.10. The molecular formula is C41H91ClO4P2S. The second kappa shape index (κ2) is 30.4. The standard InChI is InChI=1S/C21H47O4PS.C20H44ClP/c1-6-10-14-15-16-17-21-26(18-11-7-2,19-12-8-3,20-13-9-4)25-27(22,23)24-5;1-5-9-13-14-15-16-20-22(21,17-10-6-2,18-11-7-3)19-12-8-4/h6-21H2,1-5H3;5-20H2,1-4H3. The van der Waals surface area contributed by atoms with E-state index in [4.69, 9.17) is 19.4 Å². The van der Waals surface area contributed by atoms with Gasteiger partial charge in [-0.1, -0.05) is 0 Å². The molecule has 302 valence electrons. The molecule has 0 aromatic rings. The van der Waals surface area contributed by atoms with E-state index >= 15 is 0 Å². The van der Waals surface area contributed by atoms with E-state index in [9.17, 15) is 8.42 Å². The van der Waals surface area contributed by atoms with Crippen molar-refractivity contribution in [1.29, 1.82) is 0 Å². The fourth-order valence-electron chi connectivity index (χ4n) is 7.69. The molecule has 49 heavy (non-hydrogen) atoms. The summed E-state index contributed by atoms with van der Waals surface area (Å²) in [6.45, 7) is 15.2. The zero-order valence-corrected chi connectivity index (χ0v) is 38.3. The third-order valence-electron chi connectivity index (χ3n) is 11.1. The summed E-state index contributed by atoms with van der Waals surface area (Å²) in [6.07, 6.45) is 39.2. The summed E-state index contributed by atoms with van der Waals surface area (Å²) in [7, 11) is -2.69. The number of halogens is 1. The van der Waals surface area contributed by atoms with Crippen molar-refractivity contribution in [2.24, 2.45) is 0 Å². The normalized spacial score (nSPS) is 14.1. The van der Waals surface area contributed by atoms with Crippen LogP contribution in [0.25, 0.3) is 0 Å². The van der Waals surface area contributed by atoms with Gasteiger partial charge in [-0.3, -0.25) is 0 Å². The van der Waals surface area contributed by atoms with Crippen LogP contribution in [0, 0.1) is 0 Å². The fourth-order valence-corrected chi connectivity index (χ4v) is 24.0. The Bertz CT molecular complexity index is 805. The molecule has 0 bridgehead atoms. The van der Waals surface area contributed by atoms with Crippen LogP contribution in [-0.4, -0.2) is 64.8 Å². The van der Waals surface area contributed by atoms with Crippen molar-refractivity contribution in [3.63, 3.8) is 0 Å². The molecule has 0 saturated heterocycles. The first-order chi connectivity index (χ1) is 23.4. The van der Waals surface area contributed by atoms with E-state index in [2.05, 4.69) is 55.4 Å². The summed E-state index contributed by atoms with van der Waals surface area (Å²) in [4.78, 5) is 0. The molecule has 8 heteroatoms. The van der Waals surface area contributed by atoms with Gasteiger partial charge in [0.2, 0.25) is 0 Å². The maximum absolute atomic E-state index is 12.5. The van der Waals surface area contributed by atoms with Gasteiger partial charge in [0.15, 0.2) is 0 Å². The van der Waals surface area contributed by atoms with Crippen LogP contribution in [0.4, 0.5) is 0 Å². The zero-order valence-electron chi connectivity index (χ0n) is 34.9. The van der Waals surface area contributed by atoms with Crippen molar-refractivity contribution in [3.8, 4) is 0 Å². The minimum absolute atomic E-state index is 0.930. The van der Waals surface area contributed by atoms with Gasteiger partial charge >= 0.3 is 317 Å². The fraction of sp³-hybridized carbons (Fsp3) is 1.00. The average molecular weight is 778 g/mol. The van der Waals surface area contributed by atoms with Gasteiger partial charge in [-0.25, -0.2) is 0 Å². The molecule has 0 aromatic heterocycles. The molecule has 0 rings (SSSR count). The van der Waals surface area contributed by atoms with Crippen molar-refractivity contribution in [2.45, 2.75) is 209 Å². The van der Waals surface area contributed by atoms with Gasteiger partial charge in [-0.2, -0.15) is 0 Å². The molecule has 0 aliphatic heterocycles. The van der Waals surface area contributed by atoms with E-state index in [0.29, 0.717) is 0 Å². The summed E-state index contributed by atoms with van der Waals surface area (Å²) < 4.78 is 35.9. The van der Waals surface area contributed by atoms with Crippen molar-refractivity contribution in [3.05, 3.63) is 0 Å². The quantitative estimate of drug-likeness (QED) is 0.0475. The molecule has 0 aromatic carbocycles. The van der Waals surface area contributed by atoms with Gasteiger partial charge < -0.3 is 0 Å². The number of hydrogen-bond acceptors (Lipinski definition) is 4. The van der Waals surface area contributed by atoms with Crippen LogP contribution in [0.3, 0.4) is 0 Å². The van der Waals surface area contributed by atoms with Crippen LogP contribution in [0.1, 0.15) is 209 Å². The Hall–Kier alpha value is 1.02. The molecule has 0 aliphatic carbocycles. The molecule has 0 heterocycles. The van der Waals surface area contributed by atoms with E-state index < -0.39 is 23.2 Å². The molecule has 0 atom stereocenters. The van der Waals surface area contributed by atoms with Crippen LogP contribution in [0.2, 0.25) is 0 Å². The predicted molar refractivity (Wildman–Crippen MR) is 232 cm³/mol. The Morgan fingerprint density at radius 1 is 0.388 bits per heavy atom. The van der Waals surface area contributed by atoms with Gasteiger partial charge in [0.25, 0.3) is 0 Å². The van der Waals surface area contributed by atoms with Gasteiger partial charge in [-0.05, 0) is 0 Å². The van der Waals surface area contributed by atoms with Crippen LogP contribution in [0.5, 0.6) is 0 Å². The molecule has 0 fully saturated rings. The summed E-state index contributed by atoms with van der Waals surface area (Å²) in [5.41, 5.74) is 0. The Labute approximate surface area is 315 Å². The van der Waals surface area contributed by atoms with E-state index in [-0.39, 0.29) is 0 Å². The van der Waals surface area contributed by atoms with E-state index in [1.807, 2.05) is 0 Å². The van der Waals surface area contributed by atoms with Crippen LogP contribution in [0.15, 0.2) is 0 Å². The molecule has 0 amide bonds. The Kier molecular flexibility index (Phi) is 32.3. The molecule has 0 spiro atoms. The SMILES string of the molecule is CCCCCCCCP(CCCC)(CCCC)(CCCC)OS(=O)(=O)OC.CCCCCCCCP(Cl)(CCCC)(CCCC)CCCC. The summed E-state index contributed by atoms with van der Waals surface area (Å²) in [6, 6.07) is 0. The van der Waals surface area contributed by atoms with Crippen LogP contribution in [-0.2, 0) is 18.6 Å². The molecule has 0 aliphatic rings. The van der Waals surface area contributed by atoms with Crippen molar-refractivity contribution in [2.75, 3.05) is 56.4 Å². The Morgan fingerprint density at radius 2 is 0.633 bits per heavy atom. The van der Waals surface area contributed by atoms with Gasteiger partial charge in [-0.15, -0.1) is 0 Å². The van der Waals surface area contributed by atoms with Gasteiger partial charge in [0.05, 0.1) is 0 Å². The van der Waals surface area contributed by atoms with Crippen LogP contribution < -0.4 is 0 Å². The topological polar surface area (TPSA) is 52.6 Å². The number of unbranched alkanes of at least 4 members (excludes halogenated alkanes) is 16. The second-order valence-corrected chi connectivity index (χ2v) is 31.3. The maximum atomic E-state index is 12.5. The molecule has 0 saturated carbocycles. The number of rotatable bonds is 35. The first-order valence-electron chi connectivity index (χ1n) is 21.6. The van der Waals surface area contributed by atoms with Gasteiger partial charge in [0.1, 0.15) is 0 Å². The van der Waals surface area contributed by atoms with Crippen LogP contribution >= 0.6 is 24.0 Å². The molecule has 0 unspecified atom stereocenters. The first-order valence-corrected chi connectivity index (χ1v) is 29.7. The van der Waals surface area contributed by atoms with Crippen molar-refractivity contribution < 1.29 is 16.6 Å². The minimum atomic E-state index is -3.92. The van der Waals surface area contributed by atoms with E-state index in [0.717, 1.165) is 69.6 Å². The molecule has 4 nitrogen and oxygen atoms in total. The third-order valence-corrected chi connectivity index (χ3v) is 27.5. The van der Waals surface area contributed by atoms with Gasteiger partial charge in [0, 0.05) is 0 Å². The monoisotopic (exact) mass is 777 g/mol. The molecular weight excluding hydrogens is 686 g/mol.